The molecule has 1 amide bonds. The first kappa shape index (κ1) is 15.0. The van der Waals surface area contributed by atoms with Crippen molar-refractivity contribution < 1.29 is 9.32 Å². The fourth-order valence-corrected chi connectivity index (χ4v) is 2.59. The molecule has 0 aromatic carbocycles. The third kappa shape index (κ3) is 3.80. The number of hydrogen-bond donors (Lipinski definition) is 2. The Balaban J connectivity index is 1.90. The predicted molar refractivity (Wildman–Crippen MR) is 77.6 cm³/mol. The van der Waals surface area contributed by atoms with Gasteiger partial charge in [-0.15, -0.1) is 0 Å². The number of rotatable bonds is 5. The highest BCUT2D eigenvalue weighted by Crippen LogP contribution is 2.13. The summed E-state index contributed by atoms with van der Waals surface area (Å²) in [5.41, 5.74) is 0. The van der Waals surface area contributed by atoms with E-state index in [1.807, 2.05) is 0 Å². The van der Waals surface area contributed by atoms with Crippen molar-refractivity contribution in [2.75, 3.05) is 25.0 Å². The SMILES string of the molecule is CCC1CN(CC(=O)Nc2cc(C)on2)C(CC)CN1. The molecule has 0 bridgehead atoms. The number of hydrogen-bond acceptors (Lipinski definition) is 5. The van der Waals surface area contributed by atoms with Gasteiger partial charge in [0.1, 0.15) is 5.76 Å². The number of carbonyl (C=O) groups is 1. The van der Waals surface area contributed by atoms with Crippen LogP contribution in [0.4, 0.5) is 5.82 Å². The van der Waals surface area contributed by atoms with Crippen molar-refractivity contribution >= 4 is 11.7 Å². The lowest BCUT2D eigenvalue weighted by molar-refractivity contribution is -0.118. The first-order valence-corrected chi connectivity index (χ1v) is 7.33. The van der Waals surface area contributed by atoms with Crippen molar-refractivity contribution in [1.82, 2.24) is 15.4 Å². The van der Waals surface area contributed by atoms with E-state index in [1.54, 1.807) is 13.0 Å². The summed E-state index contributed by atoms with van der Waals surface area (Å²) in [5.74, 6) is 1.15. The fourth-order valence-electron chi connectivity index (χ4n) is 2.59. The predicted octanol–water partition coefficient (Wildman–Crippen LogP) is 1.38. The van der Waals surface area contributed by atoms with E-state index in [1.165, 1.54) is 0 Å². The Hall–Kier alpha value is -1.40. The van der Waals surface area contributed by atoms with E-state index in [9.17, 15) is 4.79 Å². The zero-order valence-corrected chi connectivity index (χ0v) is 12.5. The van der Waals surface area contributed by atoms with Crippen molar-refractivity contribution in [2.45, 2.75) is 45.7 Å². The van der Waals surface area contributed by atoms with E-state index in [-0.39, 0.29) is 5.91 Å². The number of carbonyl (C=O) groups excluding carboxylic acids is 1. The van der Waals surface area contributed by atoms with Crippen LogP contribution in [0.15, 0.2) is 10.6 Å². The Morgan fingerprint density at radius 2 is 2.35 bits per heavy atom. The maximum absolute atomic E-state index is 12.1. The quantitative estimate of drug-likeness (QED) is 0.853. The highest BCUT2D eigenvalue weighted by molar-refractivity contribution is 5.91. The largest absolute Gasteiger partial charge is 0.360 e. The molecule has 1 aliphatic heterocycles. The molecule has 1 aromatic heterocycles. The lowest BCUT2D eigenvalue weighted by Crippen LogP contribution is -2.57. The Kier molecular flexibility index (Phi) is 5.14. The van der Waals surface area contributed by atoms with Crippen molar-refractivity contribution in [3.8, 4) is 0 Å². The number of piperazine rings is 1. The molecule has 0 saturated carbocycles. The van der Waals surface area contributed by atoms with E-state index in [4.69, 9.17) is 4.52 Å². The fraction of sp³-hybridized carbons (Fsp3) is 0.714. The molecule has 1 fully saturated rings. The molecule has 112 valence electrons. The highest BCUT2D eigenvalue weighted by atomic mass is 16.5. The van der Waals surface area contributed by atoms with Crippen molar-refractivity contribution in [2.24, 2.45) is 0 Å². The molecular formula is C14H24N4O2. The van der Waals surface area contributed by atoms with Gasteiger partial charge in [0, 0.05) is 31.2 Å². The maximum atomic E-state index is 12.1. The first-order valence-electron chi connectivity index (χ1n) is 7.33. The van der Waals surface area contributed by atoms with Crippen LogP contribution in [-0.4, -0.2) is 47.7 Å². The van der Waals surface area contributed by atoms with Crippen LogP contribution >= 0.6 is 0 Å². The molecule has 0 radical (unpaired) electrons. The summed E-state index contributed by atoms with van der Waals surface area (Å²) in [6.45, 7) is 8.40. The Morgan fingerprint density at radius 1 is 1.55 bits per heavy atom. The van der Waals surface area contributed by atoms with E-state index in [0.717, 1.165) is 25.9 Å². The van der Waals surface area contributed by atoms with Gasteiger partial charge in [0.15, 0.2) is 5.82 Å². The smallest absolute Gasteiger partial charge is 0.239 e. The van der Waals surface area contributed by atoms with Crippen LogP contribution in [0.3, 0.4) is 0 Å². The molecule has 2 N–H and O–H groups in total. The van der Waals surface area contributed by atoms with Crippen LogP contribution in [0.25, 0.3) is 0 Å². The normalized spacial score (nSPS) is 23.8. The molecule has 2 atom stereocenters. The van der Waals surface area contributed by atoms with Gasteiger partial charge < -0.3 is 15.2 Å². The number of aromatic nitrogens is 1. The topological polar surface area (TPSA) is 70.4 Å². The van der Waals surface area contributed by atoms with Crippen molar-refractivity contribution in [1.29, 1.82) is 0 Å². The molecule has 1 saturated heterocycles. The molecule has 6 heteroatoms. The van der Waals surface area contributed by atoms with Gasteiger partial charge in [0.2, 0.25) is 5.91 Å². The van der Waals surface area contributed by atoms with Crippen LogP contribution < -0.4 is 10.6 Å². The summed E-state index contributed by atoms with van der Waals surface area (Å²) in [5, 5.41) is 10.1. The van der Waals surface area contributed by atoms with Gasteiger partial charge in [-0.3, -0.25) is 9.69 Å². The Morgan fingerprint density at radius 3 is 2.95 bits per heavy atom. The summed E-state index contributed by atoms with van der Waals surface area (Å²) in [4.78, 5) is 14.3. The minimum Gasteiger partial charge on any atom is -0.360 e. The molecule has 20 heavy (non-hydrogen) atoms. The maximum Gasteiger partial charge on any atom is 0.239 e. The molecule has 1 aromatic rings. The van der Waals surface area contributed by atoms with Crippen molar-refractivity contribution in [3.05, 3.63) is 11.8 Å². The molecule has 0 spiro atoms. The summed E-state index contributed by atoms with van der Waals surface area (Å²) in [6.07, 6.45) is 2.12. The summed E-state index contributed by atoms with van der Waals surface area (Å²) in [6, 6.07) is 2.62. The van der Waals surface area contributed by atoms with Crippen LogP contribution in [0.2, 0.25) is 0 Å². The second kappa shape index (κ2) is 6.85. The molecule has 0 aliphatic carbocycles. The average molecular weight is 280 g/mol. The third-order valence-corrected chi connectivity index (χ3v) is 3.82. The van der Waals surface area contributed by atoms with E-state index >= 15 is 0 Å². The number of anilines is 1. The van der Waals surface area contributed by atoms with Gasteiger partial charge in [0.25, 0.3) is 0 Å². The minimum absolute atomic E-state index is 0.0338. The van der Waals surface area contributed by atoms with Gasteiger partial charge in [-0.25, -0.2) is 0 Å². The van der Waals surface area contributed by atoms with Gasteiger partial charge in [0.05, 0.1) is 6.54 Å². The van der Waals surface area contributed by atoms with Crippen molar-refractivity contribution in [3.63, 3.8) is 0 Å². The van der Waals surface area contributed by atoms with E-state index < -0.39 is 0 Å². The number of amides is 1. The van der Waals surface area contributed by atoms with Crippen LogP contribution in [-0.2, 0) is 4.79 Å². The van der Waals surface area contributed by atoms with Gasteiger partial charge >= 0.3 is 0 Å². The summed E-state index contributed by atoms with van der Waals surface area (Å²) >= 11 is 0. The second-order valence-electron chi connectivity index (χ2n) is 5.38. The molecule has 2 heterocycles. The van der Waals surface area contributed by atoms with Gasteiger partial charge in [-0.05, 0) is 19.8 Å². The number of nitrogens with one attached hydrogen (secondary N) is 2. The van der Waals surface area contributed by atoms with Crippen LogP contribution in [0.5, 0.6) is 0 Å². The molecule has 6 nitrogen and oxygen atoms in total. The zero-order valence-electron chi connectivity index (χ0n) is 12.5. The summed E-state index contributed by atoms with van der Waals surface area (Å²) < 4.78 is 4.94. The van der Waals surface area contributed by atoms with Gasteiger partial charge in [-0.2, -0.15) is 0 Å². The highest BCUT2D eigenvalue weighted by Gasteiger charge is 2.27. The third-order valence-electron chi connectivity index (χ3n) is 3.82. The monoisotopic (exact) mass is 280 g/mol. The number of nitrogens with zero attached hydrogens (tertiary/aromatic N) is 2. The molecule has 2 rings (SSSR count). The number of aryl methyl sites for hydroxylation is 1. The van der Waals surface area contributed by atoms with E-state index in [0.29, 0.717) is 30.2 Å². The summed E-state index contributed by atoms with van der Waals surface area (Å²) in [7, 11) is 0. The lowest BCUT2D eigenvalue weighted by atomic mass is 10.1. The molecule has 2 unspecified atom stereocenters. The standard InChI is InChI=1S/C14H24N4O2/c1-4-11-8-18(12(5-2)7-15-11)9-14(19)16-13-6-10(3)20-17-13/h6,11-12,15H,4-5,7-9H2,1-3H3,(H,16,17,19). The minimum atomic E-state index is -0.0338. The Bertz CT molecular complexity index is 446. The molecular weight excluding hydrogens is 256 g/mol. The van der Waals surface area contributed by atoms with Crippen LogP contribution in [0.1, 0.15) is 32.4 Å². The van der Waals surface area contributed by atoms with Crippen LogP contribution in [0, 0.1) is 6.92 Å². The zero-order chi connectivity index (χ0) is 14.5. The second-order valence-corrected chi connectivity index (χ2v) is 5.38. The lowest BCUT2D eigenvalue weighted by Gasteiger charge is -2.39. The van der Waals surface area contributed by atoms with E-state index in [2.05, 4.69) is 34.5 Å². The average Bonchev–Trinajstić information content (AvgIpc) is 2.83. The molecule has 1 aliphatic rings. The first-order chi connectivity index (χ1) is 9.62. The Labute approximate surface area is 119 Å². The van der Waals surface area contributed by atoms with Gasteiger partial charge in [-0.1, -0.05) is 19.0 Å².